The number of aryl methyl sites for hydroxylation is 1. The van der Waals surface area contributed by atoms with Gasteiger partial charge >= 0.3 is 18.3 Å². The maximum absolute atomic E-state index is 13.5. The smallest absolute Gasteiger partial charge is 0.434 e. The molecule has 1 amide bonds. The molecule has 0 aliphatic carbocycles. The number of halogens is 7. The summed E-state index contributed by atoms with van der Waals surface area (Å²) in [5, 5.41) is 0.203. The van der Waals surface area contributed by atoms with Gasteiger partial charge in [-0.3, -0.25) is 4.79 Å². The van der Waals surface area contributed by atoms with Gasteiger partial charge in [0.2, 0.25) is 0 Å². The van der Waals surface area contributed by atoms with Gasteiger partial charge in [-0.1, -0.05) is 17.7 Å². The summed E-state index contributed by atoms with van der Waals surface area (Å²) < 4.78 is 82.9. The minimum Gasteiger partial charge on any atom is -0.438 e. The number of nitrogens with two attached hydrogens (primary N) is 2. The average molecular weight is 456 g/mol. The first-order valence-electron chi connectivity index (χ1n) is 7.84. The molecule has 1 atom stereocenters. The van der Waals surface area contributed by atoms with Crippen molar-refractivity contribution in [3.63, 3.8) is 0 Å². The van der Waals surface area contributed by atoms with Crippen molar-refractivity contribution in [2.45, 2.75) is 25.4 Å². The molecule has 1 aromatic heterocycles. The van der Waals surface area contributed by atoms with Gasteiger partial charge in [-0.05, 0) is 30.7 Å². The molecule has 1 aromatic carbocycles. The van der Waals surface area contributed by atoms with Gasteiger partial charge in [0, 0.05) is 10.6 Å². The highest BCUT2D eigenvalue weighted by molar-refractivity contribution is 6.30. The van der Waals surface area contributed by atoms with Crippen molar-refractivity contribution in [2.75, 3.05) is 5.73 Å². The predicted octanol–water partition coefficient (Wildman–Crippen LogP) is 3.88. The summed E-state index contributed by atoms with van der Waals surface area (Å²) >= 11 is 5.78. The van der Waals surface area contributed by atoms with Gasteiger partial charge in [0.1, 0.15) is 0 Å². The van der Waals surface area contributed by atoms with Crippen molar-refractivity contribution in [2.24, 2.45) is 5.73 Å². The minimum atomic E-state index is -5.35. The third-order valence-electron chi connectivity index (χ3n) is 3.77. The molecule has 13 heteroatoms. The largest absolute Gasteiger partial charge is 0.438 e. The number of carbonyl (C=O) groups excluding carboxylic acids is 2. The molecular formula is C17H12ClF6N3O3. The van der Waals surface area contributed by atoms with Crippen LogP contribution >= 0.6 is 11.6 Å². The van der Waals surface area contributed by atoms with E-state index in [1.165, 1.54) is 25.1 Å². The highest BCUT2D eigenvalue weighted by Crippen LogP contribution is 2.39. The van der Waals surface area contributed by atoms with Crippen LogP contribution in [0.1, 0.15) is 21.6 Å². The molecule has 0 fully saturated rings. The van der Waals surface area contributed by atoms with Crippen LogP contribution in [0.5, 0.6) is 0 Å². The summed E-state index contributed by atoms with van der Waals surface area (Å²) in [7, 11) is 0. The van der Waals surface area contributed by atoms with E-state index in [0.29, 0.717) is 6.07 Å². The van der Waals surface area contributed by atoms with Crippen molar-refractivity contribution < 1.29 is 40.7 Å². The van der Waals surface area contributed by atoms with Gasteiger partial charge in [-0.25, -0.2) is 9.78 Å². The molecule has 30 heavy (non-hydrogen) atoms. The first-order chi connectivity index (χ1) is 13.6. The monoisotopic (exact) mass is 455 g/mol. The molecule has 0 bridgehead atoms. The summed E-state index contributed by atoms with van der Waals surface area (Å²) in [6.45, 7) is 1.41. The number of nitrogen functional groups attached to an aromatic ring is 1. The van der Waals surface area contributed by atoms with Crippen LogP contribution in [0.4, 0.5) is 32.0 Å². The Balaban J connectivity index is 2.65. The topological polar surface area (TPSA) is 108 Å². The molecule has 0 unspecified atom stereocenters. The number of hydrogen-bond donors (Lipinski definition) is 2. The molecular weight excluding hydrogens is 444 g/mol. The Morgan fingerprint density at radius 3 is 2.20 bits per heavy atom. The van der Waals surface area contributed by atoms with Crippen LogP contribution in [-0.4, -0.2) is 29.1 Å². The molecule has 0 spiro atoms. The van der Waals surface area contributed by atoms with E-state index < -0.39 is 53.0 Å². The summed E-state index contributed by atoms with van der Waals surface area (Å²) in [5.41, 5.74) is 6.01. The molecule has 2 aromatic rings. The van der Waals surface area contributed by atoms with Crippen molar-refractivity contribution in [1.82, 2.24) is 4.98 Å². The van der Waals surface area contributed by atoms with Crippen LogP contribution in [-0.2, 0) is 15.7 Å². The highest BCUT2D eigenvalue weighted by atomic mass is 35.5. The maximum atomic E-state index is 13.5. The first kappa shape index (κ1) is 23.3. The Bertz CT molecular complexity index is 1010. The van der Waals surface area contributed by atoms with E-state index in [0.717, 1.165) is 0 Å². The number of ether oxygens (including phenoxy) is 1. The van der Waals surface area contributed by atoms with E-state index in [-0.39, 0.29) is 16.1 Å². The predicted molar refractivity (Wildman–Crippen MR) is 93.3 cm³/mol. The van der Waals surface area contributed by atoms with Gasteiger partial charge < -0.3 is 16.2 Å². The molecule has 162 valence electrons. The number of esters is 1. The van der Waals surface area contributed by atoms with Crippen LogP contribution in [0.3, 0.4) is 0 Å². The van der Waals surface area contributed by atoms with Gasteiger partial charge in [0.15, 0.2) is 5.69 Å². The second kappa shape index (κ2) is 8.01. The lowest BCUT2D eigenvalue weighted by Crippen LogP contribution is -2.44. The van der Waals surface area contributed by atoms with Crippen molar-refractivity contribution in [1.29, 1.82) is 0 Å². The van der Waals surface area contributed by atoms with E-state index in [4.69, 9.17) is 17.3 Å². The zero-order valence-corrected chi connectivity index (χ0v) is 15.6. The number of nitrogens with zero attached hydrogens (tertiary/aromatic N) is 1. The number of benzene rings is 1. The lowest BCUT2D eigenvalue weighted by atomic mass is 9.99. The fourth-order valence-corrected chi connectivity index (χ4v) is 2.68. The van der Waals surface area contributed by atoms with E-state index in [1.54, 1.807) is 0 Å². The lowest BCUT2D eigenvalue weighted by molar-refractivity contribution is -0.204. The van der Waals surface area contributed by atoms with Crippen LogP contribution in [0.15, 0.2) is 24.3 Å². The maximum Gasteiger partial charge on any atom is 0.434 e. The molecule has 0 aliphatic rings. The normalized spacial score (nSPS) is 13.1. The number of amides is 1. The lowest BCUT2D eigenvalue weighted by Gasteiger charge is -2.19. The van der Waals surface area contributed by atoms with Crippen LogP contribution in [0.25, 0.3) is 11.3 Å². The number of carbonyl (C=O) groups is 2. The third kappa shape index (κ3) is 4.93. The van der Waals surface area contributed by atoms with Crippen molar-refractivity contribution >= 4 is 29.2 Å². The molecule has 4 N–H and O–H groups in total. The Labute approximate surface area is 169 Å². The molecule has 1 heterocycles. The summed E-state index contributed by atoms with van der Waals surface area (Å²) in [5.74, 6) is -3.91. The van der Waals surface area contributed by atoms with Crippen molar-refractivity contribution in [3.05, 3.63) is 46.1 Å². The van der Waals surface area contributed by atoms with E-state index >= 15 is 0 Å². The van der Waals surface area contributed by atoms with E-state index in [9.17, 15) is 35.9 Å². The SMILES string of the molecule is Cc1cc(Cl)ccc1-c1nc(C(=O)O[C@H](C(N)=O)C(F)(F)F)c(N)cc1C(F)(F)F. The Morgan fingerprint density at radius 1 is 1.13 bits per heavy atom. The highest BCUT2D eigenvalue weighted by Gasteiger charge is 2.48. The standard InChI is InChI=1S/C17H12ClF6N3O3/c1-6-4-7(18)2-3-8(6)11-9(16(19,20)21)5-10(25)12(27-11)15(29)30-13(14(26)28)17(22,23)24/h2-5,13H,25H2,1H3,(H2,26,28)/t13-/m1/s1. The summed E-state index contributed by atoms with van der Waals surface area (Å²) in [6, 6.07) is 4.09. The van der Waals surface area contributed by atoms with Crippen LogP contribution in [0, 0.1) is 6.92 Å². The fraction of sp³-hybridized carbons (Fsp3) is 0.235. The number of anilines is 1. The first-order valence-corrected chi connectivity index (χ1v) is 8.22. The molecule has 0 saturated heterocycles. The van der Waals surface area contributed by atoms with E-state index in [1.807, 2.05) is 0 Å². The van der Waals surface area contributed by atoms with Gasteiger partial charge in [0.25, 0.3) is 12.0 Å². The second-order valence-corrected chi connectivity index (χ2v) is 6.45. The summed E-state index contributed by atoms with van der Waals surface area (Å²) in [4.78, 5) is 26.6. The minimum absolute atomic E-state index is 0.108. The summed E-state index contributed by atoms with van der Waals surface area (Å²) in [6.07, 6.45) is -13.7. The van der Waals surface area contributed by atoms with Crippen molar-refractivity contribution in [3.8, 4) is 11.3 Å². The Morgan fingerprint density at radius 2 is 1.73 bits per heavy atom. The number of rotatable bonds is 4. The molecule has 0 radical (unpaired) electrons. The third-order valence-corrected chi connectivity index (χ3v) is 4.01. The Hall–Kier alpha value is -3.02. The zero-order valence-electron chi connectivity index (χ0n) is 14.9. The number of hydrogen-bond acceptors (Lipinski definition) is 5. The molecule has 6 nitrogen and oxygen atoms in total. The quantitative estimate of drug-likeness (QED) is 0.537. The van der Waals surface area contributed by atoms with E-state index in [2.05, 4.69) is 15.5 Å². The number of pyridine rings is 1. The number of alkyl halides is 6. The average Bonchev–Trinajstić information content (AvgIpc) is 2.57. The second-order valence-electron chi connectivity index (χ2n) is 6.01. The molecule has 0 aliphatic heterocycles. The fourth-order valence-electron chi connectivity index (χ4n) is 2.46. The molecule has 2 rings (SSSR count). The van der Waals surface area contributed by atoms with Gasteiger partial charge in [-0.2, -0.15) is 26.3 Å². The van der Waals surface area contributed by atoms with Gasteiger partial charge in [0.05, 0.1) is 16.9 Å². The number of primary amides is 1. The van der Waals surface area contributed by atoms with Crippen LogP contribution in [0.2, 0.25) is 5.02 Å². The molecule has 0 saturated carbocycles. The zero-order chi connectivity index (χ0) is 23.0. The number of aromatic nitrogens is 1. The Kier molecular flexibility index (Phi) is 6.21. The van der Waals surface area contributed by atoms with Gasteiger partial charge in [-0.15, -0.1) is 0 Å². The van der Waals surface area contributed by atoms with Crippen LogP contribution < -0.4 is 11.5 Å².